The van der Waals surface area contributed by atoms with Crippen LogP contribution >= 0.6 is 0 Å². The molecule has 6 heteroatoms. The second-order valence-corrected chi connectivity index (χ2v) is 6.95. The molecule has 1 saturated heterocycles. The van der Waals surface area contributed by atoms with Crippen LogP contribution in [0, 0.1) is 0 Å². The summed E-state index contributed by atoms with van der Waals surface area (Å²) >= 11 is 0. The van der Waals surface area contributed by atoms with Crippen molar-refractivity contribution >= 4 is 9.84 Å². The predicted molar refractivity (Wildman–Crippen MR) is 71.3 cm³/mol. The molecule has 1 N–H and O–H groups in total. The molecule has 1 aromatic rings. The van der Waals surface area contributed by atoms with Crippen molar-refractivity contribution < 1.29 is 23.0 Å². The van der Waals surface area contributed by atoms with E-state index in [1.165, 1.54) is 14.2 Å². The molecule has 0 radical (unpaired) electrons. The summed E-state index contributed by atoms with van der Waals surface area (Å²) in [5.41, 5.74) is 0.535. The Morgan fingerprint density at radius 3 is 2.47 bits per heavy atom. The van der Waals surface area contributed by atoms with Gasteiger partial charge in [-0.2, -0.15) is 0 Å². The van der Waals surface area contributed by atoms with E-state index in [-0.39, 0.29) is 5.75 Å². The molecule has 0 amide bonds. The summed E-state index contributed by atoms with van der Waals surface area (Å²) in [7, 11) is -0.168. The summed E-state index contributed by atoms with van der Waals surface area (Å²) in [5.74, 6) is 1.18. The molecule has 1 aromatic carbocycles. The highest BCUT2D eigenvalue weighted by molar-refractivity contribution is 7.92. The molecule has 5 nitrogen and oxygen atoms in total. The summed E-state index contributed by atoms with van der Waals surface area (Å²) < 4.78 is 33.9. The van der Waals surface area contributed by atoms with Gasteiger partial charge in [-0.25, -0.2) is 8.42 Å². The molecule has 0 spiro atoms. The van der Waals surface area contributed by atoms with E-state index in [0.29, 0.717) is 29.9 Å². The highest BCUT2D eigenvalue weighted by Crippen LogP contribution is 2.35. The lowest BCUT2D eigenvalue weighted by Crippen LogP contribution is -2.24. The van der Waals surface area contributed by atoms with Crippen LogP contribution in [0.1, 0.15) is 24.5 Å². The summed E-state index contributed by atoms with van der Waals surface area (Å²) in [6, 6.07) is 4.95. The Balaban J connectivity index is 2.31. The predicted octanol–water partition coefficient (Wildman–Crippen LogP) is 1.31. The van der Waals surface area contributed by atoms with Crippen molar-refractivity contribution in [3.63, 3.8) is 0 Å². The van der Waals surface area contributed by atoms with Gasteiger partial charge < -0.3 is 14.6 Å². The monoisotopic (exact) mass is 286 g/mol. The minimum Gasteiger partial charge on any atom is -0.493 e. The van der Waals surface area contributed by atoms with Crippen LogP contribution < -0.4 is 9.47 Å². The highest BCUT2D eigenvalue weighted by Gasteiger charge is 2.37. The molecule has 0 bridgehead atoms. The average molecular weight is 286 g/mol. The van der Waals surface area contributed by atoms with Gasteiger partial charge in [-0.3, -0.25) is 0 Å². The molecular weight excluding hydrogens is 268 g/mol. The lowest BCUT2D eigenvalue weighted by Gasteiger charge is -2.19. The van der Waals surface area contributed by atoms with Gasteiger partial charge in [0.2, 0.25) is 0 Å². The van der Waals surface area contributed by atoms with Crippen molar-refractivity contribution in [2.45, 2.75) is 24.2 Å². The first kappa shape index (κ1) is 14.1. The molecule has 0 aromatic heterocycles. The Kier molecular flexibility index (Phi) is 4.01. The zero-order chi connectivity index (χ0) is 14.0. The van der Waals surface area contributed by atoms with Crippen molar-refractivity contribution in [2.75, 3.05) is 20.0 Å². The van der Waals surface area contributed by atoms with Crippen LogP contribution in [0.5, 0.6) is 11.5 Å². The van der Waals surface area contributed by atoms with E-state index >= 15 is 0 Å². The summed E-state index contributed by atoms with van der Waals surface area (Å²) in [6.45, 7) is 0. The number of sulfone groups is 1. The lowest BCUT2D eigenvalue weighted by atomic mass is 10.0. The molecule has 1 aliphatic rings. The summed E-state index contributed by atoms with van der Waals surface area (Å²) in [6.07, 6.45) is 0.0853. The van der Waals surface area contributed by atoms with Crippen molar-refractivity contribution in [1.82, 2.24) is 0 Å². The summed E-state index contributed by atoms with van der Waals surface area (Å²) in [5, 5.41) is 9.55. The molecule has 0 aliphatic carbocycles. The van der Waals surface area contributed by atoms with Gasteiger partial charge in [-0.1, -0.05) is 6.07 Å². The van der Waals surface area contributed by atoms with Crippen molar-refractivity contribution in [2.24, 2.45) is 0 Å². The van der Waals surface area contributed by atoms with Crippen LogP contribution in [0.3, 0.4) is 0 Å². The van der Waals surface area contributed by atoms with Gasteiger partial charge in [-0.15, -0.1) is 0 Å². The van der Waals surface area contributed by atoms with Crippen LogP contribution in [0.25, 0.3) is 0 Å². The van der Waals surface area contributed by atoms with Gasteiger partial charge in [-0.05, 0) is 30.5 Å². The zero-order valence-electron chi connectivity index (χ0n) is 11.0. The molecule has 106 valence electrons. The fourth-order valence-corrected chi connectivity index (χ4v) is 4.37. The van der Waals surface area contributed by atoms with Crippen molar-refractivity contribution in [3.8, 4) is 11.5 Å². The van der Waals surface area contributed by atoms with Gasteiger partial charge in [0.05, 0.1) is 31.3 Å². The molecule has 19 heavy (non-hydrogen) atoms. The van der Waals surface area contributed by atoms with E-state index in [1.807, 2.05) is 0 Å². The molecule has 1 heterocycles. The largest absolute Gasteiger partial charge is 0.493 e. The van der Waals surface area contributed by atoms with Crippen molar-refractivity contribution in [3.05, 3.63) is 23.8 Å². The van der Waals surface area contributed by atoms with Gasteiger partial charge >= 0.3 is 0 Å². The van der Waals surface area contributed by atoms with Crippen LogP contribution in [0.15, 0.2) is 18.2 Å². The minimum atomic E-state index is -3.19. The van der Waals surface area contributed by atoms with Crippen LogP contribution in [-0.4, -0.2) is 38.7 Å². The first-order valence-electron chi connectivity index (χ1n) is 6.11. The minimum absolute atomic E-state index is 0.155. The van der Waals surface area contributed by atoms with E-state index in [4.69, 9.17) is 9.47 Å². The number of ether oxygens (including phenoxy) is 2. The van der Waals surface area contributed by atoms with E-state index < -0.39 is 21.2 Å². The van der Waals surface area contributed by atoms with E-state index in [2.05, 4.69) is 0 Å². The number of hydrogen-bond acceptors (Lipinski definition) is 5. The van der Waals surface area contributed by atoms with E-state index in [9.17, 15) is 13.5 Å². The number of aliphatic hydroxyl groups is 1. The van der Waals surface area contributed by atoms with E-state index in [1.54, 1.807) is 18.2 Å². The highest BCUT2D eigenvalue weighted by atomic mass is 32.2. The summed E-state index contributed by atoms with van der Waals surface area (Å²) in [4.78, 5) is 0. The maximum Gasteiger partial charge on any atom is 0.161 e. The van der Waals surface area contributed by atoms with Gasteiger partial charge in [0.25, 0.3) is 0 Å². The fraction of sp³-hybridized carbons (Fsp3) is 0.538. The third-order valence-corrected chi connectivity index (χ3v) is 5.75. The van der Waals surface area contributed by atoms with E-state index in [0.717, 1.165) is 0 Å². The molecular formula is C13H18O5S. The second-order valence-electron chi connectivity index (χ2n) is 4.61. The SMILES string of the molecule is COc1ccc([C@@H](O)[C@@H]2CCCS2(=O)=O)cc1OC. The average Bonchev–Trinajstić information content (AvgIpc) is 2.76. The number of aliphatic hydroxyl groups excluding tert-OH is 1. The van der Waals surface area contributed by atoms with Gasteiger partial charge in [0.15, 0.2) is 21.3 Å². The number of hydrogen-bond donors (Lipinski definition) is 1. The molecule has 0 saturated carbocycles. The molecule has 1 aliphatic heterocycles. The molecule has 1 fully saturated rings. The Bertz CT molecular complexity index is 552. The zero-order valence-corrected chi connectivity index (χ0v) is 11.8. The molecule has 2 atom stereocenters. The topological polar surface area (TPSA) is 72.8 Å². The van der Waals surface area contributed by atoms with Crippen LogP contribution in [0.4, 0.5) is 0 Å². The molecule has 2 rings (SSSR count). The number of rotatable bonds is 4. The van der Waals surface area contributed by atoms with Gasteiger partial charge in [0.1, 0.15) is 0 Å². The fourth-order valence-electron chi connectivity index (χ4n) is 2.42. The Hall–Kier alpha value is -1.27. The normalized spacial score (nSPS) is 23.0. The number of methoxy groups -OCH3 is 2. The lowest BCUT2D eigenvalue weighted by molar-refractivity contribution is 0.169. The Labute approximate surface area is 113 Å². The quantitative estimate of drug-likeness (QED) is 0.903. The second kappa shape index (κ2) is 5.38. The Morgan fingerprint density at radius 2 is 1.95 bits per heavy atom. The standard InChI is InChI=1S/C13H18O5S/c1-17-10-6-5-9(8-11(10)18-2)13(14)12-4-3-7-19(12,15)16/h5-6,8,12-14H,3-4,7H2,1-2H3/t12-,13+/m0/s1. The smallest absolute Gasteiger partial charge is 0.161 e. The van der Waals surface area contributed by atoms with Crippen LogP contribution in [-0.2, 0) is 9.84 Å². The maximum atomic E-state index is 11.8. The van der Waals surface area contributed by atoms with Gasteiger partial charge in [0, 0.05) is 0 Å². The molecule has 0 unspecified atom stereocenters. The maximum absolute atomic E-state index is 11.8. The first-order valence-corrected chi connectivity index (χ1v) is 7.82. The van der Waals surface area contributed by atoms with Crippen molar-refractivity contribution in [1.29, 1.82) is 0 Å². The third-order valence-electron chi connectivity index (χ3n) is 3.48. The first-order chi connectivity index (χ1) is 8.99. The number of benzene rings is 1. The van der Waals surface area contributed by atoms with Crippen LogP contribution in [0.2, 0.25) is 0 Å². The third kappa shape index (κ3) is 2.69. The Morgan fingerprint density at radius 1 is 1.26 bits per heavy atom.